The second kappa shape index (κ2) is 10.5. The van der Waals surface area contributed by atoms with E-state index in [1.54, 1.807) is 0 Å². The quantitative estimate of drug-likeness (QED) is 0.260. The lowest BCUT2D eigenvalue weighted by molar-refractivity contribution is -0.687. The molecule has 0 spiro atoms. The van der Waals surface area contributed by atoms with E-state index in [1.807, 2.05) is 0 Å². The Labute approximate surface area is 220 Å². The molecule has 0 atom stereocenters. The predicted molar refractivity (Wildman–Crippen MR) is 130 cm³/mol. The van der Waals surface area contributed by atoms with Gasteiger partial charge in [-0.15, -0.1) is 0 Å². The number of hydrogen-bond donors (Lipinski definition) is 0. The van der Waals surface area contributed by atoms with Gasteiger partial charge in [0.25, 0.3) is 0 Å². The van der Waals surface area contributed by atoms with Crippen molar-refractivity contribution in [1.82, 2.24) is 0 Å². The van der Waals surface area contributed by atoms with Gasteiger partial charge < -0.3 is 34.0 Å². The minimum atomic E-state index is 0. The number of fused-ring (bicyclic) bond motifs is 3. The molecule has 0 amide bonds. The van der Waals surface area contributed by atoms with Crippen molar-refractivity contribution in [3.05, 3.63) is 133 Å². The van der Waals surface area contributed by atoms with Gasteiger partial charge in [-0.1, -0.05) is 60.7 Å². The standard InChI is InChI=1S/C30H24N2.2BrH/c1-3-7-28-21-31(15-13-25(28)5-1)19-23-9-11-27-12-10-24(18-30(27)17-23)20-32-16-14-26-6-2-4-8-29(26)22-32;;/h1-18,21-22H,19-20H2;2*1H/q+2;;/p-2. The van der Waals surface area contributed by atoms with E-state index in [0.717, 1.165) is 13.1 Å². The SMILES string of the molecule is [Br-].[Br-].c1ccc2c[n+](Cc3ccc4ccc(C[n+]5ccc6ccccc6c5)cc4c3)ccc2c1. The van der Waals surface area contributed by atoms with E-state index in [1.165, 1.54) is 43.4 Å². The highest BCUT2D eigenvalue weighted by Gasteiger charge is 2.08. The number of nitrogens with zero attached hydrogens (tertiary/aromatic N) is 2. The highest BCUT2D eigenvalue weighted by Crippen LogP contribution is 2.19. The van der Waals surface area contributed by atoms with Crippen LogP contribution in [0.15, 0.2) is 122 Å². The molecule has 4 heteroatoms. The summed E-state index contributed by atoms with van der Waals surface area (Å²) < 4.78 is 4.52. The van der Waals surface area contributed by atoms with Crippen LogP contribution in [0.5, 0.6) is 0 Å². The Balaban J connectivity index is 0.00000137. The third kappa shape index (κ3) is 5.03. The second-order valence-electron chi connectivity index (χ2n) is 8.51. The summed E-state index contributed by atoms with van der Waals surface area (Å²) in [5.74, 6) is 0. The van der Waals surface area contributed by atoms with Crippen LogP contribution in [0.1, 0.15) is 11.1 Å². The van der Waals surface area contributed by atoms with Gasteiger partial charge in [0.05, 0.1) is 0 Å². The van der Waals surface area contributed by atoms with E-state index in [0.29, 0.717) is 0 Å². The summed E-state index contributed by atoms with van der Waals surface area (Å²) in [7, 11) is 0. The number of pyridine rings is 2. The molecule has 0 fully saturated rings. The van der Waals surface area contributed by atoms with E-state index < -0.39 is 0 Å². The zero-order valence-corrected chi connectivity index (χ0v) is 21.8. The fourth-order valence-electron chi connectivity index (χ4n) is 4.52. The van der Waals surface area contributed by atoms with Crippen LogP contribution in [-0.4, -0.2) is 0 Å². The van der Waals surface area contributed by atoms with E-state index in [-0.39, 0.29) is 34.0 Å². The molecule has 0 unspecified atom stereocenters. The van der Waals surface area contributed by atoms with E-state index in [9.17, 15) is 0 Å². The molecule has 6 rings (SSSR count). The van der Waals surface area contributed by atoms with Crippen LogP contribution in [0.3, 0.4) is 0 Å². The van der Waals surface area contributed by atoms with Crippen LogP contribution in [0.2, 0.25) is 0 Å². The Hall–Kier alpha value is -3.08. The van der Waals surface area contributed by atoms with Crippen molar-refractivity contribution in [1.29, 1.82) is 0 Å². The maximum atomic E-state index is 2.33. The van der Waals surface area contributed by atoms with Crippen molar-refractivity contribution in [2.24, 2.45) is 0 Å². The first-order valence-electron chi connectivity index (χ1n) is 11.1. The molecular formula is C30H24Br2N2. The van der Waals surface area contributed by atoms with E-state index in [4.69, 9.17) is 0 Å². The molecule has 6 aromatic rings. The summed E-state index contributed by atoms with van der Waals surface area (Å²) in [6, 6.07) is 35.0. The van der Waals surface area contributed by atoms with Crippen LogP contribution in [-0.2, 0) is 13.1 Å². The van der Waals surface area contributed by atoms with Gasteiger partial charge >= 0.3 is 0 Å². The van der Waals surface area contributed by atoms with Crippen molar-refractivity contribution in [3.63, 3.8) is 0 Å². The molecule has 0 saturated carbocycles. The van der Waals surface area contributed by atoms with Gasteiger partial charge in [-0.3, -0.25) is 0 Å². The van der Waals surface area contributed by atoms with Gasteiger partial charge in [0, 0.05) is 34.0 Å². The van der Waals surface area contributed by atoms with Gasteiger partial charge in [0.15, 0.2) is 37.9 Å². The molecule has 4 aromatic carbocycles. The summed E-state index contributed by atoms with van der Waals surface area (Å²) in [6.07, 6.45) is 8.79. The summed E-state index contributed by atoms with van der Waals surface area (Å²) >= 11 is 0. The minimum absolute atomic E-state index is 0. The van der Waals surface area contributed by atoms with Gasteiger partial charge in [0.1, 0.15) is 0 Å². The molecule has 0 aliphatic rings. The predicted octanol–water partition coefficient (Wildman–Crippen LogP) is -0.174. The normalized spacial score (nSPS) is 10.7. The lowest BCUT2D eigenvalue weighted by Crippen LogP contribution is -3.00. The fourth-order valence-corrected chi connectivity index (χ4v) is 4.52. The third-order valence-corrected chi connectivity index (χ3v) is 6.19. The molecule has 0 aliphatic heterocycles. The first kappa shape index (κ1) is 24.1. The van der Waals surface area contributed by atoms with Crippen LogP contribution >= 0.6 is 0 Å². The largest absolute Gasteiger partial charge is 1.00 e. The fraction of sp³-hybridized carbons (Fsp3) is 0.0667. The van der Waals surface area contributed by atoms with E-state index >= 15 is 0 Å². The smallest absolute Gasteiger partial charge is 0.176 e. The van der Waals surface area contributed by atoms with Crippen molar-refractivity contribution >= 4 is 32.3 Å². The molecule has 168 valence electrons. The highest BCUT2D eigenvalue weighted by atomic mass is 79.9. The number of hydrogen-bond acceptors (Lipinski definition) is 0. The van der Waals surface area contributed by atoms with Crippen LogP contribution in [0.4, 0.5) is 0 Å². The molecule has 0 aliphatic carbocycles. The topological polar surface area (TPSA) is 7.76 Å². The Bertz CT molecular complexity index is 1480. The molecule has 0 N–H and O–H groups in total. The average molecular weight is 572 g/mol. The Kier molecular flexibility index (Phi) is 7.40. The van der Waals surface area contributed by atoms with Crippen molar-refractivity contribution < 1.29 is 43.1 Å². The van der Waals surface area contributed by atoms with Gasteiger partial charge in [-0.25, -0.2) is 9.13 Å². The maximum Gasteiger partial charge on any atom is 0.176 e. The summed E-state index contributed by atoms with van der Waals surface area (Å²) in [5, 5.41) is 7.67. The van der Waals surface area contributed by atoms with Crippen molar-refractivity contribution in [2.75, 3.05) is 0 Å². The molecule has 2 nitrogen and oxygen atoms in total. The summed E-state index contributed by atoms with van der Waals surface area (Å²) in [4.78, 5) is 0. The summed E-state index contributed by atoms with van der Waals surface area (Å²) in [5.41, 5.74) is 2.63. The maximum absolute atomic E-state index is 2.33. The average Bonchev–Trinajstić information content (AvgIpc) is 2.84. The number of halogens is 2. The Morgan fingerprint density at radius 2 is 0.824 bits per heavy atom. The Morgan fingerprint density at radius 1 is 0.412 bits per heavy atom. The molecule has 2 heterocycles. The van der Waals surface area contributed by atoms with Gasteiger partial charge in [-0.2, -0.15) is 0 Å². The summed E-state index contributed by atoms with van der Waals surface area (Å²) in [6.45, 7) is 1.73. The second-order valence-corrected chi connectivity index (χ2v) is 8.51. The molecule has 0 saturated heterocycles. The van der Waals surface area contributed by atoms with Crippen LogP contribution in [0, 0.1) is 0 Å². The number of aromatic nitrogens is 2. The zero-order chi connectivity index (χ0) is 21.3. The van der Waals surface area contributed by atoms with Gasteiger partial charge in [0.2, 0.25) is 0 Å². The zero-order valence-electron chi connectivity index (χ0n) is 18.6. The molecule has 0 bridgehead atoms. The Morgan fingerprint density at radius 3 is 1.29 bits per heavy atom. The van der Waals surface area contributed by atoms with Gasteiger partial charge in [-0.05, 0) is 45.8 Å². The first-order valence-corrected chi connectivity index (χ1v) is 11.1. The van der Waals surface area contributed by atoms with Crippen LogP contribution in [0.25, 0.3) is 32.3 Å². The number of benzene rings is 4. The molecule has 2 aromatic heterocycles. The van der Waals surface area contributed by atoms with E-state index in [2.05, 4.69) is 131 Å². The third-order valence-electron chi connectivity index (χ3n) is 6.19. The molecule has 34 heavy (non-hydrogen) atoms. The highest BCUT2D eigenvalue weighted by molar-refractivity contribution is 5.84. The lowest BCUT2D eigenvalue weighted by atomic mass is 10.0. The number of rotatable bonds is 4. The van der Waals surface area contributed by atoms with Crippen molar-refractivity contribution in [3.8, 4) is 0 Å². The van der Waals surface area contributed by atoms with Crippen LogP contribution < -0.4 is 43.1 Å². The van der Waals surface area contributed by atoms with Crippen molar-refractivity contribution in [2.45, 2.75) is 13.1 Å². The molecule has 0 radical (unpaired) electrons. The first-order chi connectivity index (χ1) is 15.8. The monoisotopic (exact) mass is 570 g/mol. The minimum Gasteiger partial charge on any atom is -1.00 e. The lowest BCUT2D eigenvalue weighted by Gasteiger charge is -2.05. The molecular weight excluding hydrogens is 548 g/mol.